The van der Waals surface area contributed by atoms with Crippen molar-refractivity contribution in [2.45, 2.75) is 58.0 Å². The molecule has 1 aromatic rings. The molecule has 0 radical (unpaired) electrons. The second kappa shape index (κ2) is 6.95. The fourth-order valence-corrected chi connectivity index (χ4v) is 3.00. The third kappa shape index (κ3) is 4.28. The molecule has 0 bridgehead atoms. The van der Waals surface area contributed by atoms with Crippen molar-refractivity contribution in [3.63, 3.8) is 0 Å². The summed E-state index contributed by atoms with van der Waals surface area (Å²) in [5.74, 6) is -0.497. The van der Waals surface area contributed by atoms with E-state index in [0.29, 0.717) is 37.1 Å². The molecule has 0 atom stereocenters. The van der Waals surface area contributed by atoms with Gasteiger partial charge in [0.05, 0.1) is 11.5 Å². The number of hydrogen-bond donors (Lipinski definition) is 3. The van der Waals surface area contributed by atoms with Crippen LogP contribution in [0.1, 0.15) is 52.0 Å². The molecule has 0 spiro atoms. The minimum atomic E-state index is -0.759. The van der Waals surface area contributed by atoms with Gasteiger partial charge in [-0.15, -0.1) is 0 Å². The molecular formula is C17H24N4O3. The quantitative estimate of drug-likeness (QED) is 0.791. The smallest absolute Gasteiger partial charge is 0.320 e. The van der Waals surface area contributed by atoms with Gasteiger partial charge in [0.15, 0.2) is 0 Å². The maximum absolute atomic E-state index is 12.2. The zero-order valence-corrected chi connectivity index (χ0v) is 14.3. The Morgan fingerprint density at radius 1 is 1.29 bits per heavy atom. The van der Waals surface area contributed by atoms with Crippen LogP contribution in [0.2, 0.25) is 0 Å². The highest BCUT2D eigenvalue weighted by Crippen LogP contribution is 2.26. The van der Waals surface area contributed by atoms with Gasteiger partial charge in [-0.1, -0.05) is 0 Å². The van der Waals surface area contributed by atoms with Crippen LogP contribution < -0.4 is 10.6 Å². The van der Waals surface area contributed by atoms with Crippen LogP contribution in [0.25, 0.3) is 0 Å². The zero-order valence-electron chi connectivity index (χ0n) is 14.3. The number of carbonyl (C=O) groups is 2. The van der Waals surface area contributed by atoms with Crippen LogP contribution in [0.15, 0.2) is 12.3 Å². The normalized spacial score (nSPS) is 20.9. The number of urea groups is 1. The molecule has 0 saturated heterocycles. The van der Waals surface area contributed by atoms with Crippen LogP contribution in [0.5, 0.6) is 0 Å². The van der Waals surface area contributed by atoms with E-state index >= 15 is 0 Å². The summed E-state index contributed by atoms with van der Waals surface area (Å²) in [7, 11) is 0. The Kier molecular flexibility index (Phi) is 5.17. The summed E-state index contributed by atoms with van der Waals surface area (Å²) in [4.78, 5) is 23.2. The second-order valence-corrected chi connectivity index (χ2v) is 7.25. The molecular weight excluding hydrogens is 308 g/mol. The van der Waals surface area contributed by atoms with E-state index in [2.05, 4.69) is 16.7 Å². The number of aromatic nitrogens is 1. The maximum Gasteiger partial charge on any atom is 0.320 e. The van der Waals surface area contributed by atoms with Gasteiger partial charge >= 0.3 is 12.0 Å². The number of carbonyl (C=O) groups excluding carboxylic acids is 1. The van der Waals surface area contributed by atoms with E-state index in [-0.39, 0.29) is 23.5 Å². The predicted octanol–water partition coefficient (Wildman–Crippen LogP) is 2.88. The monoisotopic (exact) mass is 332 g/mol. The van der Waals surface area contributed by atoms with Crippen molar-refractivity contribution in [3.05, 3.63) is 17.8 Å². The van der Waals surface area contributed by atoms with Crippen molar-refractivity contribution in [2.75, 3.05) is 5.32 Å². The molecule has 1 aliphatic carbocycles. The Morgan fingerprint density at radius 3 is 2.42 bits per heavy atom. The van der Waals surface area contributed by atoms with Crippen LogP contribution in [-0.4, -0.2) is 27.7 Å². The highest BCUT2D eigenvalue weighted by Gasteiger charge is 2.27. The van der Waals surface area contributed by atoms with E-state index in [4.69, 9.17) is 10.4 Å². The number of hydrogen-bond acceptors (Lipinski definition) is 3. The minimum absolute atomic E-state index is 0.0194. The molecule has 1 fully saturated rings. The molecule has 24 heavy (non-hydrogen) atoms. The lowest BCUT2D eigenvalue weighted by Gasteiger charge is -2.28. The topological polar surface area (TPSA) is 107 Å². The van der Waals surface area contributed by atoms with E-state index in [1.54, 1.807) is 12.3 Å². The minimum Gasteiger partial charge on any atom is -0.481 e. The van der Waals surface area contributed by atoms with Crippen LogP contribution in [0, 0.1) is 17.2 Å². The third-order valence-electron chi connectivity index (χ3n) is 4.32. The second-order valence-electron chi connectivity index (χ2n) is 7.25. The molecule has 1 saturated carbocycles. The first-order valence-corrected chi connectivity index (χ1v) is 8.14. The van der Waals surface area contributed by atoms with E-state index in [0.717, 1.165) is 0 Å². The van der Waals surface area contributed by atoms with Crippen LogP contribution >= 0.6 is 0 Å². The van der Waals surface area contributed by atoms with Crippen molar-refractivity contribution < 1.29 is 14.7 Å². The number of carboxylic acid groups (broad SMARTS) is 1. The number of nitriles is 1. The van der Waals surface area contributed by atoms with Crippen LogP contribution in [0.4, 0.5) is 10.6 Å². The van der Waals surface area contributed by atoms with Gasteiger partial charge in [0.2, 0.25) is 0 Å². The van der Waals surface area contributed by atoms with Gasteiger partial charge in [-0.2, -0.15) is 5.26 Å². The summed E-state index contributed by atoms with van der Waals surface area (Å²) in [6.07, 6.45) is 4.20. The van der Waals surface area contributed by atoms with Gasteiger partial charge in [0.25, 0.3) is 0 Å². The van der Waals surface area contributed by atoms with Crippen LogP contribution in [-0.2, 0) is 10.3 Å². The standard InChI is InChI=1S/C17H24N4O3/c1-17(2,3)21-10-11(9-18)8-14(21)20-16(24)19-13-6-4-12(5-7-13)15(22)23/h8,10,12-13H,4-7H2,1-3H3,(H,22,23)(H2,19,20,24). The first-order valence-electron chi connectivity index (χ1n) is 8.14. The molecule has 130 valence electrons. The SMILES string of the molecule is CC(C)(C)n1cc(C#N)cc1NC(=O)NC1CCC(C(=O)O)CC1. The van der Waals surface area contributed by atoms with Gasteiger partial charge in [-0.3, -0.25) is 10.1 Å². The fourth-order valence-electron chi connectivity index (χ4n) is 3.00. The van der Waals surface area contributed by atoms with Gasteiger partial charge in [0, 0.05) is 17.8 Å². The van der Waals surface area contributed by atoms with Crippen LogP contribution in [0.3, 0.4) is 0 Å². The Morgan fingerprint density at radius 2 is 1.92 bits per heavy atom. The van der Waals surface area contributed by atoms with Crippen molar-refractivity contribution in [3.8, 4) is 6.07 Å². The molecule has 3 N–H and O–H groups in total. The summed E-state index contributed by atoms with van der Waals surface area (Å²) in [5, 5.41) is 23.8. The largest absolute Gasteiger partial charge is 0.481 e. The number of carboxylic acids is 1. The predicted molar refractivity (Wildman–Crippen MR) is 89.7 cm³/mol. The third-order valence-corrected chi connectivity index (χ3v) is 4.32. The van der Waals surface area contributed by atoms with Crippen molar-refractivity contribution in [1.82, 2.24) is 9.88 Å². The first kappa shape index (κ1) is 17.9. The van der Waals surface area contributed by atoms with E-state index in [1.165, 1.54) is 0 Å². The number of amides is 2. The van der Waals surface area contributed by atoms with Crippen molar-refractivity contribution in [1.29, 1.82) is 5.26 Å². The summed E-state index contributed by atoms with van der Waals surface area (Å²) in [6, 6.07) is 3.38. The van der Waals surface area contributed by atoms with Crippen molar-refractivity contribution >= 4 is 17.8 Å². The van der Waals surface area contributed by atoms with Gasteiger partial charge in [-0.05, 0) is 52.5 Å². The molecule has 0 aliphatic heterocycles. The molecule has 7 nitrogen and oxygen atoms in total. The molecule has 2 amide bonds. The van der Waals surface area contributed by atoms with E-state index in [9.17, 15) is 9.59 Å². The zero-order chi connectivity index (χ0) is 17.9. The highest BCUT2D eigenvalue weighted by molar-refractivity contribution is 5.89. The molecule has 1 aromatic heterocycles. The Hall–Kier alpha value is -2.49. The molecule has 2 rings (SSSR count). The number of rotatable bonds is 3. The summed E-state index contributed by atoms with van der Waals surface area (Å²) in [6.45, 7) is 5.97. The molecule has 7 heteroatoms. The molecule has 0 aromatic carbocycles. The van der Waals surface area contributed by atoms with Gasteiger partial charge < -0.3 is 15.0 Å². The number of anilines is 1. The first-order chi connectivity index (χ1) is 11.2. The maximum atomic E-state index is 12.2. The molecule has 1 heterocycles. The average Bonchev–Trinajstić information content (AvgIpc) is 2.90. The van der Waals surface area contributed by atoms with Gasteiger partial charge in [-0.25, -0.2) is 4.79 Å². The average molecular weight is 332 g/mol. The lowest BCUT2D eigenvalue weighted by molar-refractivity contribution is -0.142. The molecule has 0 unspecified atom stereocenters. The summed E-state index contributed by atoms with van der Waals surface area (Å²) in [5.41, 5.74) is 0.222. The summed E-state index contributed by atoms with van der Waals surface area (Å²) < 4.78 is 1.85. The lowest BCUT2D eigenvalue weighted by atomic mass is 9.86. The lowest BCUT2D eigenvalue weighted by Crippen LogP contribution is -2.41. The fraction of sp³-hybridized carbons (Fsp3) is 0.588. The Bertz CT molecular complexity index is 658. The van der Waals surface area contributed by atoms with Gasteiger partial charge in [0.1, 0.15) is 11.9 Å². The van der Waals surface area contributed by atoms with Crippen molar-refractivity contribution in [2.24, 2.45) is 5.92 Å². The highest BCUT2D eigenvalue weighted by atomic mass is 16.4. The number of nitrogens with zero attached hydrogens (tertiary/aromatic N) is 2. The summed E-state index contributed by atoms with van der Waals surface area (Å²) >= 11 is 0. The van der Waals surface area contributed by atoms with E-state index < -0.39 is 5.97 Å². The number of aliphatic carboxylic acids is 1. The molecule has 1 aliphatic rings. The number of nitrogens with one attached hydrogen (secondary N) is 2. The van der Waals surface area contributed by atoms with E-state index in [1.807, 2.05) is 25.3 Å². The Labute approximate surface area is 141 Å². The Balaban J connectivity index is 1.97.